The van der Waals surface area contributed by atoms with Crippen LogP contribution in [-0.4, -0.2) is 41.3 Å². The minimum absolute atomic E-state index is 0.0592. The maximum atomic E-state index is 12.7. The van der Waals surface area contributed by atoms with Crippen molar-refractivity contribution in [2.75, 3.05) is 16.6 Å². The first-order valence-electron chi connectivity index (χ1n) is 8.88. The molecule has 9 nitrogen and oxygen atoms in total. The number of rotatable bonds is 4. The third-order valence-corrected chi connectivity index (χ3v) is 6.50. The summed E-state index contributed by atoms with van der Waals surface area (Å²) >= 11 is 0. The summed E-state index contributed by atoms with van der Waals surface area (Å²) in [6, 6.07) is 8.75. The molecule has 0 saturated carbocycles. The third kappa shape index (κ3) is 3.72. The second-order valence-corrected chi connectivity index (χ2v) is 8.69. The van der Waals surface area contributed by atoms with Gasteiger partial charge in [-0.2, -0.15) is 0 Å². The highest BCUT2D eigenvalue weighted by Crippen LogP contribution is 2.23. The molecule has 0 aliphatic carbocycles. The molecular weight excluding hydrogens is 384 g/mol. The van der Waals surface area contributed by atoms with Crippen molar-refractivity contribution in [2.45, 2.75) is 25.8 Å². The van der Waals surface area contributed by atoms with Crippen LogP contribution in [0.2, 0.25) is 0 Å². The first kappa shape index (κ1) is 19.9. The van der Waals surface area contributed by atoms with Crippen LogP contribution in [0.4, 0.5) is 5.95 Å². The molecule has 0 spiro atoms. The van der Waals surface area contributed by atoms with E-state index in [2.05, 4.69) is 10.3 Å². The molecule has 1 atom stereocenters. The molecule has 1 aromatic heterocycles. The van der Waals surface area contributed by atoms with Gasteiger partial charge in [-0.15, -0.1) is 0 Å². The van der Waals surface area contributed by atoms with Gasteiger partial charge < -0.3 is 10.4 Å². The number of nitrogens with one attached hydrogen (secondary N) is 1. The summed E-state index contributed by atoms with van der Waals surface area (Å²) in [6.07, 6.45) is 1.13. The largest absolute Gasteiger partial charge is 0.501 e. The van der Waals surface area contributed by atoms with Crippen molar-refractivity contribution in [3.63, 3.8) is 0 Å². The molecule has 1 aromatic carbocycles. The molecule has 3 rings (SSSR count). The highest BCUT2D eigenvalue weighted by Gasteiger charge is 2.31. The summed E-state index contributed by atoms with van der Waals surface area (Å²) in [6.45, 7) is 1.91. The van der Waals surface area contributed by atoms with Crippen molar-refractivity contribution in [2.24, 2.45) is 7.05 Å². The SMILES string of the molecule is CC(NC(=O)c1nc(N2CCCCS2(=O)=O)n(C)c(=O)c1O)c1ccccc1. The second-order valence-electron chi connectivity index (χ2n) is 6.67. The Labute approximate surface area is 162 Å². The van der Waals surface area contributed by atoms with E-state index in [0.29, 0.717) is 12.8 Å². The fourth-order valence-electron chi connectivity index (χ4n) is 3.06. The standard InChI is InChI=1S/C18H22N4O5S/c1-12(13-8-4-3-5-9-13)19-16(24)14-15(23)17(25)21(2)18(20-14)22-10-6-7-11-28(22,26)27/h3-5,8-9,12,23H,6-7,10-11H2,1-2H3,(H,19,24). The Kier molecular flexibility index (Phi) is 5.41. The Bertz CT molecular complexity index is 1050. The molecule has 150 valence electrons. The van der Waals surface area contributed by atoms with Crippen LogP contribution < -0.4 is 15.2 Å². The van der Waals surface area contributed by atoms with E-state index in [1.54, 1.807) is 6.92 Å². The van der Waals surface area contributed by atoms with Crippen LogP contribution in [0.5, 0.6) is 5.75 Å². The number of anilines is 1. The lowest BCUT2D eigenvalue weighted by molar-refractivity contribution is 0.0931. The fraction of sp³-hybridized carbons (Fsp3) is 0.389. The summed E-state index contributed by atoms with van der Waals surface area (Å²) in [5.41, 5.74) is -0.553. The Morgan fingerprint density at radius 1 is 1.25 bits per heavy atom. The van der Waals surface area contributed by atoms with Crippen LogP contribution in [-0.2, 0) is 17.1 Å². The molecule has 28 heavy (non-hydrogen) atoms. The average molecular weight is 406 g/mol. The lowest BCUT2D eigenvalue weighted by Crippen LogP contribution is -2.42. The van der Waals surface area contributed by atoms with Gasteiger partial charge in [0.2, 0.25) is 21.7 Å². The van der Waals surface area contributed by atoms with E-state index >= 15 is 0 Å². The van der Waals surface area contributed by atoms with E-state index in [9.17, 15) is 23.1 Å². The van der Waals surface area contributed by atoms with E-state index in [1.165, 1.54) is 7.05 Å². The minimum atomic E-state index is -3.64. The van der Waals surface area contributed by atoms with Crippen molar-refractivity contribution in [1.82, 2.24) is 14.9 Å². The summed E-state index contributed by atoms with van der Waals surface area (Å²) < 4.78 is 26.7. The Morgan fingerprint density at radius 2 is 1.93 bits per heavy atom. The normalized spacial score (nSPS) is 17.1. The molecule has 1 aliphatic rings. The van der Waals surface area contributed by atoms with Crippen molar-refractivity contribution < 1.29 is 18.3 Å². The monoisotopic (exact) mass is 406 g/mol. The van der Waals surface area contributed by atoms with Crippen LogP contribution in [0, 0.1) is 0 Å². The topological polar surface area (TPSA) is 122 Å². The predicted octanol–water partition coefficient (Wildman–Crippen LogP) is 0.907. The maximum Gasteiger partial charge on any atom is 0.297 e. The third-order valence-electron chi connectivity index (χ3n) is 4.68. The molecule has 1 unspecified atom stereocenters. The van der Waals surface area contributed by atoms with Gasteiger partial charge in [0.05, 0.1) is 11.8 Å². The maximum absolute atomic E-state index is 12.7. The van der Waals surface area contributed by atoms with Gasteiger partial charge in [-0.1, -0.05) is 30.3 Å². The minimum Gasteiger partial charge on any atom is -0.501 e. The summed E-state index contributed by atoms with van der Waals surface area (Å²) in [4.78, 5) is 29.1. The number of carbonyl (C=O) groups excluding carboxylic acids is 1. The predicted molar refractivity (Wildman–Crippen MR) is 104 cm³/mol. The van der Waals surface area contributed by atoms with E-state index < -0.39 is 39.0 Å². The number of nitrogens with zero attached hydrogens (tertiary/aromatic N) is 3. The molecule has 1 amide bonds. The van der Waals surface area contributed by atoms with Gasteiger partial charge >= 0.3 is 0 Å². The second kappa shape index (κ2) is 7.63. The van der Waals surface area contributed by atoms with Gasteiger partial charge in [0, 0.05) is 13.6 Å². The number of benzene rings is 1. The molecule has 0 radical (unpaired) electrons. The first-order chi connectivity index (χ1) is 13.2. The molecule has 2 heterocycles. The van der Waals surface area contributed by atoms with Gasteiger partial charge in [-0.25, -0.2) is 17.7 Å². The van der Waals surface area contributed by atoms with Crippen molar-refractivity contribution in [1.29, 1.82) is 0 Å². The number of amides is 1. The van der Waals surface area contributed by atoms with E-state index in [0.717, 1.165) is 14.4 Å². The van der Waals surface area contributed by atoms with Gasteiger partial charge in [0.1, 0.15) is 0 Å². The summed E-state index contributed by atoms with van der Waals surface area (Å²) in [5, 5.41) is 12.8. The van der Waals surface area contributed by atoms with Crippen LogP contribution in [0.3, 0.4) is 0 Å². The van der Waals surface area contributed by atoms with Crippen molar-refractivity contribution in [3.8, 4) is 5.75 Å². The molecular formula is C18H22N4O5S. The number of hydrogen-bond acceptors (Lipinski definition) is 6. The number of hydrogen-bond donors (Lipinski definition) is 2. The van der Waals surface area contributed by atoms with Crippen LogP contribution in [0.25, 0.3) is 0 Å². The van der Waals surface area contributed by atoms with Gasteiger partial charge in [-0.05, 0) is 25.3 Å². The fourth-order valence-corrected chi connectivity index (χ4v) is 4.67. The van der Waals surface area contributed by atoms with Gasteiger partial charge in [0.25, 0.3) is 11.5 Å². The summed E-state index contributed by atoms with van der Waals surface area (Å²) in [5.74, 6) is -1.82. The van der Waals surface area contributed by atoms with Gasteiger partial charge in [-0.3, -0.25) is 14.2 Å². The zero-order chi connectivity index (χ0) is 20.5. The zero-order valence-electron chi connectivity index (χ0n) is 15.6. The van der Waals surface area contributed by atoms with E-state index in [-0.39, 0.29) is 18.2 Å². The Hall–Kier alpha value is -2.88. The van der Waals surface area contributed by atoms with E-state index in [4.69, 9.17) is 0 Å². The quantitative estimate of drug-likeness (QED) is 0.778. The summed E-state index contributed by atoms with van der Waals surface area (Å²) in [7, 11) is -2.33. The smallest absolute Gasteiger partial charge is 0.297 e. The van der Waals surface area contributed by atoms with Gasteiger partial charge in [0.15, 0.2) is 5.69 Å². The molecule has 1 aliphatic heterocycles. The lowest BCUT2D eigenvalue weighted by Gasteiger charge is -2.28. The van der Waals surface area contributed by atoms with Crippen LogP contribution in [0.15, 0.2) is 35.1 Å². The lowest BCUT2D eigenvalue weighted by atomic mass is 10.1. The molecule has 2 N–H and O–H groups in total. The van der Waals surface area contributed by atoms with Crippen molar-refractivity contribution >= 4 is 21.9 Å². The Morgan fingerprint density at radius 3 is 2.57 bits per heavy atom. The molecule has 1 saturated heterocycles. The number of carbonyl (C=O) groups is 1. The number of aromatic hydroxyl groups is 1. The van der Waals surface area contributed by atoms with Crippen molar-refractivity contribution in [3.05, 3.63) is 51.9 Å². The van der Waals surface area contributed by atoms with Crippen LogP contribution in [0.1, 0.15) is 41.9 Å². The first-order valence-corrected chi connectivity index (χ1v) is 10.5. The Balaban J connectivity index is 1.98. The number of sulfonamides is 1. The zero-order valence-corrected chi connectivity index (χ0v) is 16.4. The highest BCUT2D eigenvalue weighted by atomic mass is 32.2. The van der Waals surface area contributed by atoms with Crippen LogP contribution >= 0.6 is 0 Å². The average Bonchev–Trinajstić information content (AvgIpc) is 2.67. The van der Waals surface area contributed by atoms with E-state index in [1.807, 2.05) is 30.3 Å². The highest BCUT2D eigenvalue weighted by molar-refractivity contribution is 7.92. The molecule has 1 fully saturated rings. The number of aromatic nitrogens is 2. The molecule has 2 aromatic rings. The molecule has 10 heteroatoms. The molecule has 0 bridgehead atoms.